The monoisotopic (exact) mass is 507 g/mol. The highest BCUT2D eigenvalue weighted by molar-refractivity contribution is 8.00. The number of rotatable bonds is 10. The lowest BCUT2D eigenvalue weighted by molar-refractivity contribution is 0.210. The molecular weight excluding hydrogens is 477 g/mol. The zero-order valence-corrected chi connectivity index (χ0v) is 21.4. The normalized spacial score (nSPS) is 13.0. The second-order valence-corrected chi connectivity index (χ2v) is 11.0. The fourth-order valence-electron chi connectivity index (χ4n) is 3.82. The van der Waals surface area contributed by atoms with Gasteiger partial charge in [0, 0.05) is 28.9 Å². The summed E-state index contributed by atoms with van der Waals surface area (Å²) < 4.78 is 35.9. The zero-order chi connectivity index (χ0) is 25.7. The van der Waals surface area contributed by atoms with E-state index in [0.717, 1.165) is 16.6 Å². The van der Waals surface area contributed by atoms with Crippen LogP contribution in [0.5, 0.6) is 0 Å². The van der Waals surface area contributed by atoms with Gasteiger partial charge in [-0.1, -0.05) is 50.2 Å². The van der Waals surface area contributed by atoms with Gasteiger partial charge in [0.2, 0.25) is 5.95 Å². The third-order valence-corrected chi connectivity index (χ3v) is 6.98. The number of fused-ring (bicyclic) bond motifs is 1. The summed E-state index contributed by atoms with van der Waals surface area (Å²) in [6.07, 6.45) is 1.67. The van der Waals surface area contributed by atoms with E-state index in [1.807, 2.05) is 36.4 Å². The molecule has 1 atom stereocenters. The van der Waals surface area contributed by atoms with E-state index in [1.54, 1.807) is 25.4 Å². The summed E-state index contributed by atoms with van der Waals surface area (Å²) >= 11 is 0. The summed E-state index contributed by atoms with van der Waals surface area (Å²) in [5.74, 6) is 4.12. The Balaban J connectivity index is 1.62. The van der Waals surface area contributed by atoms with E-state index < -0.39 is 15.5 Å². The average Bonchev–Trinajstić information content (AvgIpc) is 2.85. The molecule has 4 aromatic rings. The summed E-state index contributed by atoms with van der Waals surface area (Å²) in [4.78, 5) is 13.7. The SMILES string of the molecule is C=S(=O)(Cc1ccccc1)Nc1ccc(-c2cc(C(C)C)c3nc(NCCOC)ncc3n2)cc1F. The standard InChI is InChI=1S/C27H30FN5O2S/c1-18(2)21-15-24(31-25-16-30-27(32-26(21)25)29-12-13-35-3)20-10-11-23(22(28)14-20)33-36(4,34)17-19-8-6-5-7-9-19/h5-11,14-16,18H,4,12-13,17H2,1-3H3,(H,33,34)(H,29,30,32). The maximum atomic E-state index is 15.1. The van der Waals surface area contributed by atoms with Crippen LogP contribution in [0.25, 0.3) is 22.3 Å². The molecule has 0 aliphatic carbocycles. The van der Waals surface area contributed by atoms with Crippen LogP contribution in [-0.4, -0.2) is 45.3 Å². The molecule has 0 bridgehead atoms. The number of methoxy groups -OCH3 is 1. The first-order valence-electron chi connectivity index (χ1n) is 11.6. The van der Waals surface area contributed by atoms with Gasteiger partial charge in [0.1, 0.15) is 11.3 Å². The van der Waals surface area contributed by atoms with Crippen molar-refractivity contribution in [3.05, 3.63) is 77.7 Å². The molecule has 1 unspecified atom stereocenters. The van der Waals surface area contributed by atoms with E-state index in [9.17, 15) is 4.21 Å². The molecule has 7 nitrogen and oxygen atoms in total. The maximum absolute atomic E-state index is 15.1. The molecule has 2 N–H and O–H groups in total. The Hall–Kier alpha value is -3.56. The molecule has 2 aromatic heterocycles. The summed E-state index contributed by atoms with van der Waals surface area (Å²) in [6, 6.07) is 16.0. The van der Waals surface area contributed by atoms with Crippen molar-refractivity contribution in [1.82, 2.24) is 15.0 Å². The predicted octanol–water partition coefficient (Wildman–Crippen LogP) is 5.26. The van der Waals surface area contributed by atoms with Gasteiger partial charge < -0.3 is 14.8 Å². The largest absolute Gasteiger partial charge is 0.383 e. The lowest BCUT2D eigenvalue weighted by atomic mass is 9.99. The molecule has 2 aromatic carbocycles. The molecule has 9 heteroatoms. The van der Waals surface area contributed by atoms with Crippen LogP contribution >= 0.6 is 0 Å². The second-order valence-electron chi connectivity index (χ2n) is 8.84. The summed E-state index contributed by atoms with van der Waals surface area (Å²) in [6.45, 7) is 5.28. The number of nitrogens with zero attached hydrogens (tertiary/aromatic N) is 3. The van der Waals surface area contributed by atoms with Crippen LogP contribution in [0.2, 0.25) is 0 Å². The van der Waals surface area contributed by atoms with Crippen LogP contribution < -0.4 is 10.0 Å². The molecule has 0 aliphatic heterocycles. The lowest BCUT2D eigenvalue weighted by Gasteiger charge is -2.15. The Morgan fingerprint density at radius 2 is 1.89 bits per heavy atom. The molecule has 4 rings (SSSR count). The Morgan fingerprint density at radius 3 is 2.58 bits per heavy atom. The van der Waals surface area contributed by atoms with Crippen molar-refractivity contribution in [3.8, 4) is 11.3 Å². The average molecular weight is 508 g/mol. The van der Waals surface area contributed by atoms with Crippen LogP contribution in [0.4, 0.5) is 16.0 Å². The van der Waals surface area contributed by atoms with Gasteiger partial charge >= 0.3 is 0 Å². The smallest absolute Gasteiger partial charge is 0.223 e. The fraction of sp³-hybridized carbons (Fsp3) is 0.259. The summed E-state index contributed by atoms with van der Waals surface area (Å²) in [5.41, 5.74) is 4.57. The zero-order valence-electron chi connectivity index (χ0n) is 20.6. The molecule has 0 amide bonds. The Labute approximate surface area is 211 Å². The van der Waals surface area contributed by atoms with Gasteiger partial charge in [-0.05, 0) is 41.1 Å². The van der Waals surface area contributed by atoms with E-state index in [4.69, 9.17) is 9.72 Å². The lowest BCUT2D eigenvalue weighted by Crippen LogP contribution is -2.15. The maximum Gasteiger partial charge on any atom is 0.223 e. The number of nitrogens with one attached hydrogen (secondary N) is 2. The third kappa shape index (κ3) is 6.16. The van der Waals surface area contributed by atoms with E-state index >= 15 is 4.39 Å². The van der Waals surface area contributed by atoms with Crippen molar-refractivity contribution in [2.45, 2.75) is 25.5 Å². The van der Waals surface area contributed by atoms with Gasteiger partial charge in [0.25, 0.3) is 0 Å². The summed E-state index contributed by atoms with van der Waals surface area (Å²) in [7, 11) is -1.15. The van der Waals surface area contributed by atoms with Crippen molar-refractivity contribution in [2.24, 2.45) is 0 Å². The minimum atomic E-state index is -2.78. The number of pyridine rings is 1. The fourth-order valence-corrected chi connectivity index (χ4v) is 5.19. The van der Waals surface area contributed by atoms with Gasteiger partial charge in [-0.3, -0.25) is 0 Å². The second kappa shape index (κ2) is 11.0. The molecule has 0 fully saturated rings. The molecule has 0 saturated heterocycles. The van der Waals surface area contributed by atoms with Crippen molar-refractivity contribution >= 4 is 38.2 Å². The van der Waals surface area contributed by atoms with Crippen LogP contribution in [0.3, 0.4) is 0 Å². The van der Waals surface area contributed by atoms with Crippen molar-refractivity contribution in [3.63, 3.8) is 0 Å². The number of hydrogen-bond donors (Lipinski definition) is 2. The Morgan fingerprint density at radius 1 is 1.11 bits per heavy atom. The Bertz CT molecular complexity index is 1460. The van der Waals surface area contributed by atoms with Gasteiger partial charge in [-0.15, -0.1) is 0 Å². The topological polar surface area (TPSA) is 89.0 Å². The first-order valence-corrected chi connectivity index (χ1v) is 13.5. The number of aromatic nitrogens is 3. The number of anilines is 2. The van der Waals surface area contributed by atoms with Crippen molar-refractivity contribution in [1.29, 1.82) is 0 Å². The third-order valence-electron chi connectivity index (χ3n) is 5.59. The predicted molar refractivity (Wildman–Crippen MR) is 146 cm³/mol. The highest BCUT2D eigenvalue weighted by atomic mass is 32.2. The molecule has 0 radical (unpaired) electrons. The molecular formula is C27H30FN5O2S. The van der Waals surface area contributed by atoms with Crippen LogP contribution in [0.1, 0.15) is 30.9 Å². The van der Waals surface area contributed by atoms with E-state index in [1.165, 1.54) is 6.07 Å². The van der Waals surface area contributed by atoms with E-state index in [2.05, 4.69) is 39.7 Å². The first-order chi connectivity index (χ1) is 17.3. The quantitative estimate of drug-likeness (QED) is 0.225. The van der Waals surface area contributed by atoms with Gasteiger partial charge in [-0.25, -0.2) is 23.6 Å². The highest BCUT2D eigenvalue weighted by Gasteiger charge is 2.15. The minimum absolute atomic E-state index is 0.134. The van der Waals surface area contributed by atoms with Crippen molar-refractivity contribution in [2.75, 3.05) is 30.3 Å². The summed E-state index contributed by atoms with van der Waals surface area (Å²) in [5, 5.41) is 3.14. The number of halogens is 1. The minimum Gasteiger partial charge on any atom is -0.383 e. The molecule has 36 heavy (non-hydrogen) atoms. The first kappa shape index (κ1) is 25.5. The van der Waals surface area contributed by atoms with Crippen LogP contribution in [0.15, 0.2) is 60.8 Å². The molecule has 188 valence electrons. The molecule has 0 saturated carbocycles. The van der Waals surface area contributed by atoms with E-state index in [-0.39, 0.29) is 17.4 Å². The molecule has 2 heterocycles. The van der Waals surface area contributed by atoms with E-state index in [0.29, 0.717) is 35.9 Å². The van der Waals surface area contributed by atoms with Crippen molar-refractivity contribution < 1.29 is 13.3 Å². The highest BCUT2D eigenvalue weighted by Crippen LogP contribution is 2.30. The van der Waals surface area contributed by atoms with Gasteiger partial charge in [0.05, 0.1) is 35.5 Å². The van der Waals surface area contributed by atoms with Gasteiger partial charge in [-0.2, -0.15) is 0 Å². The number of benzene rings is 2. The molecule has 0 aliphatic rings. The van der Waals surface area contributed by atoms with Crippen LogP contribution in [0, 0.1) is 5.82 Å². The number of ether oxygens (including phenoxy) is 1. The van der Waals surface area contributed by atoms with Gasteiger partial charge in [0.15, 0.2) is 0 Å². The molecule has 0 spiro atoms. The Kier molecular flexibility index (Phi) is 7.81. The van der Waals surface area contributed by atoms with Crippen LogP contribution in [-0.2, 0) is 20.2 Å². The number of hydrogen-bond acceptors (Lipinski definition) is 6.